The fraction of sp³-hybridized carbons (Fsp3) is 0.556. The standard InChI is InChI=1S/C18H27N7O6/c1-9(15(27)24-12(18(30)31)6-14(20)26)23-16(28)13-3-2-4-25(13)17(29)11(19)5-10-7-21-8-22-10/h7-9,11-13H,2-6,19H2,1H3,(H2,20,26)(H,21,22)(H,23,28)(H,24,27)(H,30,31). The van der Waals surface area contributed by atoms with Crippen LogP contribution in [0.4, 0.5) is 0 Å². The van der Waals surface area contributed by atoms with Gasteiger partial charge < -0.3 is 37.1 Å². The molecule has 2 rings (SSSR count). The molecular formula is C18H27N7O6. The molecule has 1 aromatic heterocycles. The van der Waals surface area contributed by atoms with Gasteiger partial charge in [-0.15, -0.1) is 0 Å². The van der Waals surface area contributed by atoms with Crippen molar-refractivity contribution in [1.29, 1.82) is 0 Å². The van der Waals surface area contributed by atoms with E-state index in [-0.39, 0.29) is 6.42 Å². The molecule has 0 aromatic carbocycles. The highest BCUT2D eigenvalue weighted by atomic mass is 16.4. The number of nitrogens with one attached hydrogen (secondary N) is 3. The second-order valence-electron chi connectivity index (χ2n) is 7.38. The number of rotatable bonds is 10. The first-order valence-corrected chi connectivity index (χ1v) is 9.75. The predicted octanol–water partition coefficient (Wildman–Crippen LogP) is -2.78. The molecule has 1 fully saturated rings. The maximum absolute atomic E-state index is 12.7. The Morgan fingerprint density at radius 1 is 1.32 bits per heavy atom. The number of aromatic nitrogens is 2. The summed E-state index contributed by atoms with van der Waals surface area (Å²) in [6.45, 7) is 1.72. The lowest BCUT2D eigenvalue weighted by molar-refractivity contribution is -0.144. The Morgan fingerprint density at radius 3 is 2.61 bits per heavy atom. The summed E-state index contributed by atoms with van der Waals surface area (Å²) in [6.07, 6.45) is 3.69. The Labute approximate surface area is 177 Å². The maximum atomic E-state index is 12.7. The molecule has 2 heterocycles. The minimum atomic E-state index is -1.51. The number of nitrogens with zero attached hydrogens (tertiary/aromatic N) is 2. The van der Waals surface area contributed by atoms with Crippen molar-refractivity contribution in [2.45, 2.75) is 56.8 Å². The fourth-order valence-electron chi connectivity index (χ4n) is 3.31. The van der Waals surface area contributed by atoms with Gasteiger partial charge in [0.05, 0.1) is 18.8 Å². The quantitative estimate of drug-likeness (QED) is 0.225. The van der Waals surface area contributed by atoms with E-state index in [4.69, 9.17) is 16.6 Å². The molecule has 4 unspecified atom stereocenters. The minimum absolute atomic E-state index is 0.235. The number of carboxylic acid groups (broad SMARTS) is 1. The van der Waals surface area contributed by atoms with Gasteiger partial charge in [0.1, 0.15) is 18.1 Å². The highest BCUT2D eigenvalue weighted by Gasteiger charge is 2.37. The van der Waals surface area contributed by atoms with E-state index >= 15 is 0 Å². The fourth-order valence-corrected chi connectivity index (χ4v) is 3.31. The number of carbonyl (C=O) groups excluding carboxylic acids is 4. The van der Waals surface area contributed by atoms with Gasteiger partial charge in [0.15, 0.2) is 0 Å². The van der Waals surface area contributed by atoms with Gasteiger partial charge in [0.2, 0.25) is 23.6 Å². The molecule has 13 heteroatoms. The van der Waals surface area contributed by atoms with Crippen LogP contribution in [0.2, 0.25) is 0 Å². The highest BCUT2D eigenvalue weighted by Crippen LogP contribution is 2.19. The number of carbonyl (C=O) groups is 5. The summed E-state index contributed by atoms with van der Waals surface area (Å²) in [6, 6.07) is -4.26. The van der Waals surface area contributed by atoms with Crippen molar-refractivity contribution in [3.05, 3.63) is 18.2 Å². The molecule has 0 saturated carbocycles. The zero-order valence-corrected chi connectivity index (χ0v) is 17.0. The van der Waals surface area contributed by atoms with Gasteiger partial charge in [-0.25, -0.2) is 9.78 Å². The summed E-state index contributed by atoms with van der Waals surface area (Å²) in [5.74, 6) is -4.06. The van der Waals surface area contributed by atoms with Crippen molar-refractivity contribution in [2.75, 3.05) is 6.54 Å². The SMILES string of the molecule is CC(NC(=O)C1CCCN1C(=O)C(N)Cc1cnc[nH]1)C(=O)NC(CC(N)=O)C(=O)O. The molecule has 8 N–H and O–H groups in total. The molecular weight excluding hydrogens is 410 g/mol. The van der Waals surface area contributed by atoms with Gasteiger partial charge >= 0.3 is 5.97 Å². The van der Waals surface area contributed by atoms with E-state index in [9.17, 15) is 24.0 Å². The number of likely N-dealkylation sites (tertiary alicyclic amines) is 1. The highest BCUT2D eigenvalue weighted by molar-refractivity contribution is 5.95. The number of imidazole rings is 1. The number of amides is 4. The average Bonchev–Trinajstić information content (AvgIpc) is 3.38. The number of hydrogen-bond acceptors (Lipinski definition) is 7. The first kappa shape index (κ1) is 23.8. The van der Waals surface area contributed by atoms with Crippen molar-refractivity contribution in [3.8, 4) is 0 Å². The molecule has 1 saturated heterocycles. The van der Waals surface area contributed by atoms with Crippen LogP contribution in [0, 0.1) is 0 Å². The Morgan fingerprint density at radius 2 is 2.03 bits per heavy atom. The Hall–Kier alpha value is -3.48. The average molecular weight is 437 g/mol. The Bertz CT molecular complexity index is 827. The predicted molar refractivity (Wildman–Crippen MR) is 106 cm³/mol. The van der Waals surface area contributed by atoms with Gasteiger partial charge in [-0.1, -0.05) is 0 Å². The van der Waals surface area contributed by atoms with E-state index in [0.29, 0.717) is 25.1 Å². The third-order valence-corrected chi connectivity index (χ3v) is 4.92. The first-order valence-electron chi connectivity index (χ1n) is 9.75. The molecule has 4 atom stereocenters. The van der Waals surface area contributed by atoms with Crippen molar-refractivity contribution in [1.82, 2.24) is 25.5 Å². The Balaban J connectivity index is 1.94. The summed E-state index contributed by atoms with van der Waals surface area (Å²) in [7, 11) is 0. The zero-order valence-electron chi connectivity index (χ0n) is 17.0. The van der Waals surface area contributed by atoms with Crippen molar-refractivity contribution in [3.63, 3.8) is 0 Å². The van der Waals surface area contributed by atoms with Crippen LogP contribution in [0.15, 0.2) is 12.5 Å². The van der Waals surface area contributed by atoms with Crippen LogP contribution in [-0.4, -0.2) is 80.3 Å². The molecule has 170 valence electrons. The van der Waals surface area contributed by atoms with E-state index < -0.39 is 60.2 Å². The second-order valence-corrected chi connectivity index (χ2v) is 7.38. The van der Waals surface area contributed by atoms with Crippen molar-refractivity contribution in [2.24, 2.45) is 11.5 Å². The molecule has 31 heavy (non-hydrogen) atoms. The van der Waals surface area contributed by atoms with Gasteiger partial charge in [-0.05, 0) is 19.8 Å². The number of aromatic amines is 1. The van der Waals surface area contributed by atoms with E-state index in [1.807, 2.05) is 0 Å². The normalized spacial score (nSPS) is 18.6. The van der Waals surface area contributed by atoms with Crippen molar-refractivity contribution < 1.29 is 29.1 Å². The number of H-pyrrole nitrogens is 1. The van der Waals surface area contributed by atoms with E-state index in [1.54, 1.807) is 6.20 Å². The summed E-state index contributed by atoms with van der Waals surface area (Å²) in [5.41, 5.74) is 11.7. The molecule has 0 aliphatic carbocycles. The summed E-state index contributed by atoms with van der Waals surface area (Å²) < 4.78 is 0. The van der Waals surface area contributed by atoms with E-state index in [1.165, 1.54) is 18.2 Å². The molecule has 1 aliphatic heterocycles. The third kappa shape index (κ3) is 6.50. The number of primary amides is 1. The number of nitrogens with two attached hydrogens (primary N) is 2. The lowest BCUT2D eigenvalue weighted by Crippen LogP contribution is -2.56. The lowest BCUT2D eigenvalue weighted by atomic mass is 10.1. The van der Waals surface area contributed by atoms with Crippen LogP contribution < -0.4 is 22.1 Å². The maximum Gasteiger partial charge on any atom is 0.326 e. The smallest absolute Gasteiger partial charge is 0.326 e. The zero-order chi connectivity index (χ0) is 23.1. The van der Waals surface area contributed by atoms with Crippen molar-refractivity contribution >= 4 is 29.6 Å². The number of aliphatic carboxylic acids is 1. The lowest BCUT2D eigenvalue weighted by Gasteiger charge is -2.27. The Kier molecular flexibility index (Phi) is 8.07. The van der Waals surface area contributed by atoms with Gasteiger partial charge in [-0.2, -0.15) is 0 Å². The monoisotopic (exact) mass is 437 g/mol. The summed E-state index contributed by atoms with van der Waals surface area (Å²) in [4.78, 5) is 67.9. The topological polar surface area (TPSA) is 214 Å². The molecule has 1 aromatic rings. The second kappa shape index (κ2) is 10.5. The largest absolute Gasteiger partial charge is 0.480 e. The van der Waals surface area contributed by atoms with Crippen LogP contribution in [0.3, 0.4) is 0 Å². The van der Waals surface area contributed by atoms with Crippen LogP contribution in [-0.2, 0) is 30.4 Å². The third-order valence-electron chi connectivity index (χ3n) is 4.92. The van der Waals surface area contributed by atoms with Gasteiger partial charge in [-0.3, -0.25) is 19.2 Å². The minimum Gasteiger partial charge on any atom is -0.480 e. The van der Waals surface area contributed by atoms with Crippen LogP contribution in [0.1, 0.15) is 31.9 Å². The summed E-state index contributed by atoms with van der Waals surface area (Å²) >= 11 is 0. The molecule has 0 spiro atoms. The van der Waals surface area contributed by atoms with Crippen LogP contribution in [0.5, 0.6) is 0 Å². The van der Waals surface area contributed by atoms with Crippen LogP contribution in [0.25, 0.3) is 0 Å². The van der Waals surface area contributed by atoms with E-state index in [0.717, 1.165) is 0 Å². The molecule has 13 nitrogen and oxygen atoms in total. The number of carboxylic acids is 1. The first-order chi connectivity index (χ1) is 14.6. The van der Waals surface area contributed by atoms with Gasteiger partial charge in [0.25, 0.3) is 0 Å². The number of hydrogen-bond donors (Lipinski definition) is 6. The van der Waals surface area contributed by atoms with Gasteiger partial charge in [0, 0.05) is 24.9 Å². The molecule has 4 amide bonds. The molecule has 1 aliphatic rings. The molecule has 0 bridgehead atoms. The summed E-state index contributed by atoms with van der Waals surface area (Å²) in [5, 5.41) is 13.7. The molecule has 0 radical (unpaired) electrons. The van der Waals surface area contributed by atoms with E-state index in [2.05, 4.69) is 20.6 Å². The van der Waals surface area contributed by atoms with Crippen LogP contribution >= 0.6 is 0 Å².